The van der Waals surface area contributed by atoms with Gasteiger partial charge in [0.15, 0.2) is 0 Å². The van der Waals surface area contributed by atoms with Gasteiger partial charge >= 0.3 is 0 Å². The monoisotopic (exact) mass is 239 g/mol. The molecule has 0 N–H and O–H groups in total. The highest BCUT2D eigenvalue weighted by Gasteiger charge is 2.22. The van der Waals surface area contributed by atoms with Crippen LogP contribution in [0.15, 0.2) is 0 Å². The Morgan fingerprint density at radius 1 is 1.06 bits per heavy atom. The van der Waals surface area contributed by atoms with Gasteiger partial charge in [-0.3, -0.25) is 4.79 Å². The van der Waals surface area contributed by atoms with E-state index in [9.17, 15) is 9.59 Å². The first-order valence-electron chi connectivity index (χ1n) is 6.75. The highest BCUT2D eigenvalue weighted by atomic mass is 16.1. The van der Waals surface area contributed by atoms with Crippen molar-refractivity contribution in [2.75, 3.05) is 0 Å². The zero-order chi connectivity index (χ0) is 13.3. The van der Waals surface area contributed by atoms with E-state index in [0.29, 0.717) is 12.8 Å². The Balaban J connectivity index is 3.80. The highest BCUT2D eigenvalue weighted by Crippen LogP contribution is 2.27. The number of carbonyl (C=O) groups excluding carboxylic acids is 2. The number of carbonyl (C=O) groups is 2. The van der Waals surface area contributed by atoms with Gasteiger partial charge in [-0.1, -0.05) is 40.0 Å². The molecule has 0 aromatic carbocycles. The predicted octanol–water partition coefficient (Wildman–Crippen LogP) is 4.13. The molecular weight excluding hydrogens is 212 g/mol. The fourth-order valence-corrected chi connectivity index (χ4v) is 1.80. The maximum Gasteiger partial charge on any atom is 0.137 e. The minimum atomic E-state index is -0.145. The molecule has 0 aliphatic heterocycles. The third-order valence-electron chi connectivity index (χ3n) is 2.95. The molecule has 0 bridgehead atoms. The normalized spacial score (nSPS) is 11.5. The lowest BCUT2D eigenvalue weighted by Crippen LogP contribution is -2.19. The minimum absolute atomic E-state index is 0.145. The van der Waals surface area contributed by atoms with Crippen LogP contribution >= 0.6 is 0 Å². The van der Waals surface area contributed by atoms with E-state index < -0.39 is 0 Å². The first kappa shape index (κ1) is 16.3. The Morgan fingerprint density at radius 2 is 1.71 bits per heavy atom. The molecule has 17 heavy (non-hydrogen) atoms. The molecule has 99 valence electrons. The van der Waals surface area contributed by atoms with Crippen LogP contribution in [0.1, 0.15) is 72.6 Å². The summed E-state index contributed by atoms with van der Waals surface area (Å²) in [5.74, 6) is 0.427. The highest BCUT2D eigenvalue weighted by molar-refractivity contribution is 5.87. The van der Waals surface area contributed by atoms with E-state index in [4.69, 9.17) is 0 Å². The van der Waals surface area contributed by atoms with Crippen molar-refractivity contribution in [2.45, 2.75) is 72.6 Å². The molecule has 0 aliphatic carbocycles. The maximum atomic E-state index is 11.7. The summed E-state index contributed by atoms with van der Waals surface area (Å²) in [6, 6.07) is 0. The van der Waals surface area contributed by atoms with Crippen LogP contribution in [0.4, 0.5) is 0 Å². The molecular formula is C15H27O2. The Hall–Kier alpha value is -0.660. The lowest BCUT2D eigenvalue weighted by molar-refractivity contribution is -0.119. The van der Waals surface area contributed by atoms with E-state index in [0.717, 1.165) is 19.3 Å². The second kappa shape index (κ2) is 8.43. The Bertz CT molecular complexity index is 241. The van der Waals surface area contributed by atoms with Gasteiger partial charge in [0, 0.05) is 19.3 Å². The molecule has 2 heteroatoms. The standard InChI is InChI=1S/C15H27O2/c1-5-6-7-8-9-14(17)12-15(3,4)11-10-13(2)16/h12H,5-11H2,1-4H3. The molecule has 0 amide bonds. The Kier molecular flexibility index (Phi) is 8.11. The van der Waals surface area contributed by atoms with Gasteiger partial charge in [-0.25, -0.2) is 0 Å². The largest absolute Gasteiger partial charge is 0.300 e. The van der Waals surface area contributed by atoms with Crippen molar-refractivity contribution in [3.8, 4) is 0 Å². The number of hydrogen-bond donors (Lipinski definition) is 0. The molecule has 0 saturated heterocycles. The Labute approximate surface area is 106 Å². The van der Waals surface area contributed by atoms with Crippen molar-refractivity contribution in [1.82, 2.24) is 0 Å². The van der Waals surface area contributed by atoms with Crippen LogP contribution in [0, 0.1) is 11.8 Å². The maximum absolute atomic E-state index is 11.7. The van der Waals surface area contributed by atoms with E-state index in [1.807, 2.05) is 20.3 Å². The SMILES string of the molecule is CCCCCCC(=O)[CH]C(C)(C)CCC(C)=O. The van der Waals surface area contributed by atoms with Crippen molar-refractivity contribution in [3.63, 3.8) is 0 Å². The fourth-order valence-electron chi connectivity index (χ4n) is 1.80. The van der Waals surface area contributed by atoms with Crippen LogP contribution in [0.5, 0.6) is 0 Å². The average Bonchev–Trinajstić information content (AvgIpc) is 2.21. The first-order valence-corrected chi connectivity index (χ1v) is 6.75. The molecule has 0 atom stereocenters. The van der Waals surface area contributed by atoms with Crippen LogP contribution in [0.25, 0.3) is 0 Å². The molecule has 0 aliphatic rings. The third kappa shape index (κ3) is 10.2. The van der Waals surface area contributed by atoms with Crippen molar-refractivity contribution in [2.24, 2.45) is 5.41 Å². The summed E-state index contributed by atoms with van der Waals surface area (Å²) in [4.78, 5) is 22.6. The van der Waals surface area contributed by atoms with Crippen LogP contribution < -0.4 is 0 Å². The number of Topliss-reactive ketones (excluding diaryl/α,β-unsaturated/α-hetero) is 2. The molecule has 0 rings (SSSR count). The summed E-state index contributed by atoms with van der Waals surface area (Å²) in [6.07, 6.45) is 8.33. The number of hydrogen-bond acceptors (Lipinski definition) is 2. The zero-order valence-electron chi connectivity index (χ0n) is 11.8. The third-order valence-corrected chi connectivity index (χ3v) is 2.95. The molecule has 1 radical (unpaired) electrons. The molecule has 0 heterocycles. The van der Waals surface area contributed by atoms with Crippen molar-refractivity contribution in [1.29, 1.82) is 0 Å². The average molecular weight is 239 g/mol. The predicted molar refractivity (Wildman–Crippen MR) is 71.8 cm³/mol. The molecule has 0 unspecified atom stereocenters. The minimum Gasteiger partial charge on any atom is -0.300 e. The van der Waals surface area contributed by atoms with Gasteiger partial charge in [-0.05, 0) is 25.2 Å². The molecule has 0 fully saturated rings. The molecule has 0 spiro atoms. The van der Waals surface area contributed by atoms with Crippen molar-refractivity contribution < 1.29 is 9.59 Å². The van der Waals surface area contributed by atoms with Crippen LogP contribution in [0.3, 0.4) is 0 Å². The van der Waals surface area contributed by atoms with E-state index in [-0.39, 0.29) is 17.0 Å². The van der Waals surface area contributed by atoms with Gasteiger partial charge in [0.1, 0.15) is 11.6 Å². The van der Waals surface area contributed by atoms with Crippen LogP contribution in [-0.4, -0.2) is 11.6 Å². The molecule has 0 saturated carbocycles. The van der Waals surface area contributed by atoms with Gasteiger partial charge in [0.05, 0.1) is 0 Å². The number of unbranched alkanes of at least 4 members (excludes halogenated alkanes) is 3. The van der Waals surface area contributed by atoms with Crippen molar-refractivity contribution in [3.05, 3.63) is 6.42 Å². The van der Waals surface area contributed by atoms with E-state index in [1.54, 1.807) is 6.92 Å². The first-order chi connectivity index (χ1) is 7.87. The zero-order valence-corrected chi connectivity index (χ0v) is 11.8. The summed E-state index contributed by atoms with van der Waals surface area (Å²) in [6.45, 7) is 7.82. The van der Waals surface area contributed by atoms with Crippen LogP contribution in [0.2, 0.25) is 0 Å². The van der Waals surface area contributed by atoms with Gasteiger partial charge in [0.2, 0.25) is 0 Å². The van der Waals surface area contributed by atoms with Crippen LogP contribution in [-0.2, 0) is 9.59 Å². The summed E-state index contributed by atoms with van der Waals surface area (Å²) < 4.78 is 0. The smallest absolute Gasteiger partial charge is 0.137 e. The van der Waals surface area contributed by atoms with Crippen molar-refractivity contribution >= 4 is 11.6 Å². The fraction of sp³-hybridized carbons (Fsp3) is 0.800. The van der Waals surface area contributed by atoms with Gasteiger partial charge in [-0.15, -0.1) is 0 Å². The summed E-state index contributed by atoms with van der Waals surface area (Å²) >= 11 is 0. The lowest BCUT2D eigenvalue weighted by Gasteiger charge is -2.22. The topological polar surface area (TPSA) is 34.1 Å². The quantitative estimate of drug-likeness (QED) is 0.537. The molecule has 0 aromatic rings. The summed E-state index contributed by atoms with van der Waals surface area (Å²) in [5.41, 5.74) is -0.145. The van der Waals surface area contributed by atoms with E-state index in [1.165, 1.54) is 12.8 Å². The summed E-state index contributed by atoms with van der Waals surface area (Å²) in [7, 11) is 0. The number of ketones is 2. The summed E-state index contributed by atoms with van der Waals surface area (Å²) in [5, 5.41) is 0. The second-order valence-electron chi connectivity index (χ2n) is 5.61. The van der Waals surface area contributed by atoms with Gasteiger partial charge in [-0.2, -0.15) is 0 Å². The van der Waals surface area contributed by atoms with Gasteiger partial charge < -0.3 is 4.79 Å². The number of rotatable bonds is 10. The van der Waals surface area contributed by atoms with E-state index in [2.05, 4.69) is 6.92 Å². The lowest BCUT2D eigenvalue weighted by atomic mass is 9.81. The van der Waals surface area contributed by atoms with Gasteiger partial charge in [0.25, 0.3) is 0 Å². The molecule has 2 nitrogen and oxygen atoms in total. The Morgan fingerprint density at radius 3 is 2.24 bits per heavy atom. The van der Waals surface area contributed by atoms with E-state index >= 15 is 0 Å². The molecule has 0 aromatic heterocycles. The second-order valence-corrected chi connectivity index (χ2v) is 5.61.